The Morgan fingerprint density at radius 3 is 2.81 bits per heavy atom. The first-order valence-electron chi connectivity index (χ1n) is 9.68. The van der Waals surface area contributed by atoms with Crippen LogP contribution in [0.4, 0.5) is 0 Å². The largest absolute Gasteiger partial charge is 0.497 e. The van der Waals surface area contributed by atoms with Gasteiger partial charge in [0, 0.05) is 28.7 Å². The highest BCUT2D eigenvalue weighted by molar-refractivity contribution is 5.99. The maximum Gasteiger partial charge on any atom is 0.251 e. The van der Waals surface area contributed by atoms with E-state index in [2.05, 4.69) is 17.2 Å². The van der Waals surface area contributed by atoms with Crippen LogP contribution in [0.2, 0.25) is 0 Å². The van der Waals surface area contributed by atoms with Gasteiger partial charge in [0.1, 0.15) is 5.75 Å². The fraction of sp³-hybridized carbons (Fsp3) is 0.348. The summed E-state index contributed by atoms with van der Waals surface area (Å²) in [6.07, 6.45) is 4.24. The van der Waals surface area contributed by atoms with Crippen LogP contribution >= 0.6 is 0 Å². The Morgan fingerprint density at radius 2 is 2.04 bits per heavy atom. The van der Waals surface area contributed by atoms with Gasteiger partial charge in [-0.15, -0.1) is 0 Å². The Hall–Kier alpha value is -2.75. The minimum absolute atomic E-state index is 0.00998. The van der Waals surface area contributed by atoms with Crippen molar-refractivity contribution in [1.29, 1.82) is 0 Å². The molecule has 0 spiro atoms. The van der Waals surface area contributed by atoms with E-state index in [4.69, 9.17) is 4.74 Å². The van der Waals surface area contributed by atoms with E-state index in [0.29, 0.717) is 12.5 Å². The lowest BCUT2D eigenvalue weighted by Gasteiger charge is -2.18. The molecular weight excluding hydrogens is 336 g/mol. The van der Waals surface area contributed by atoms with Crippen LogP contribution in [0.5, 0.6) is 5.75 Å². The van der Waals surface area contributed by atoms with Crippen molar-refractivity contribution in [1.82, 2.24) is 10.3 Å². The highest BCUT2D eigenvalue weighted by Gasteiger charge is 2.20. The molecule has 4 nitrogen and oxygen atoms in total. The molecule has 2 N–H and O–H groups in total. The molecule has 140 valence electrons. The lowest BCUT2D eigenvalue weighted by Crippen LogP contribution is -2.25. The third-order valence-corrected chi connectivity index (χ3v) is 5.55. The molecular formula is C23H26N2O2. The van der Waals surface area contributed by atoms with Crippen molar-refractivity contribution >= 4 is 16.8 Å². The topological polar surface area (TPSA) is 54.1 Å². The fourth-order valence-corrected chi connectivity index (χ4v) is 3.95. The van der Waals surface area contributed by atoms with Crippen LogP contribution < -0.4 is 10.1 Å². The van der Waals surface area contributed by atoms with E-state index in [9.17, 15) is 4.79 Å². The molecule has 4 rings (SSSR count). The molecule has 1 unspecified atom stereocenters. The van der Waals surface area contributed by atoms with Crippen molar-refractivity contribution in [2.75, 3.05) is 13.7 Å². The molecule has 0 radical (unpaired) electrons. The average molecular weight is 362 g/mol. The number of aromatic amines is 1. The molecule has 1 amide bonds. The van der Waals surface area contributed by atoms with Crippen LogP contribution in [0, 0.1) is 5.92 Å². The van der Waals surface area contributed by atoms with Gasteiger partial charge >= 0.3 is 0 Å². The van der Waals surface area contributed by atoms with Crippen LogP contribution in [0.25, 0.3) is 10.9 Å². The molecule has 0 aliphatic heterocycles. The van der Waals surface area contributed by atoms with E-state index in [1.807, 2.05) is 42.5 Å². The number of fused-ring (bicyclic) bond motifs is 3. The van der Waals surface area contributed by atoms with Gasteiger partial charge in [0.25, 0.3) is 5.91 Å². The first kappa shape index (κ1) is 17.7. The lowest BCUT2D eigenvalue weighted by atomic mass is 9.87. The minimum Gasteiger partial charge on any atom is -0.497 e. The molecule has 1 aliphatic carbocycles. The third kappa shape index (κ3) is 3.70. The maximum atomic E-state index is 12.6. The Labute approximate surface area is 159 Å². The predicted octanol–water partition coefficient (Wildman–Crippen LogP) is 4.27. The van der Waals surface area contributed by atoms with Gasteiger partial charge in [0.15, 0.2) is 0 Å². The second-order valence-electron chi connectivity index (χ2n) is 7.54. The number of aryl methyl sites for hydroxylation is 1. The quantitative estimate of drug-likeness (QED) is 0.712. The van der Waals surface area contributed by atoms with E-state index in [-0.39, 0.29) is 5.91 Å². The van der Waals surface area contributed by atoms with Crippen molar-refractivity contribution in [3.63, 3.8) is 0 Å². The van der Waals surface area contributed by atoms with E-state index in [0.717, 1.165) is 36.1 Å². The second kappa shape index (κ2) is 7.47. The number of ether oxygens (including phenoxy) is 1. The van der Waals surface area contributed by atoms with Crippen molar-refractivity contribution in [3.8, 4) is 5.75 Å². The van der Waals surface area contributed by atoms with Crippen LogP contribution in [-0.4, -0.2) is 24.5 Å². The van der Waals surface area contributed by atoms with Gasteiger partial charge in [-0.1, -0.05) is 19.1 Å². The number of hydrogen-bond acceptors (Lipinski definition) is 2. The highest BCUT2D eigenvalue weighted by atomic mass is 16.5. The van der Waals surface area contributed by atoms with Crippen molar-refractivity contribution < 1.29 is 9.53 Å². The van der Waals surface area contributed by atoms with Crippen LogP contribution in [-0.2, 0) is 19.3 Å². The fourth-order valence-electron chi connectivity index (χ4n) is 3.95. The highest BCUT2D eigenvalue weighted by Crippen LogP contribution is 2.32. The monoisotopic (exact) mass is 362 g/mol. The molecule has 0 bridgehead atoms. The SMILES string of the molecule is COc1ccc(CCNC(=O)c2ccc3[nH]c4c(c3c2)CC(C)CC4)cc1. The van der Waals surface area contributed by atoms with Gasteiger partial charge < -0.3 is 15.0 Å². The first-order chi connectivity index (χ1) is 13.1. The summed E-state index contributed by atoms with van der Waals surface area (Å²) < 4.78 is 5.17. The van der Waals surface area contributed by atoms with Crippen molar-refractivity contribution in [3.05, 3.63) is 64.8 Å². The zero-order valence-electron chi connectivity index (χ0n) is 16.0. The number of nitrogens with one attached hydrogen (secondary N) is 2. The van der Waals surface area contributed by atoms with E-state index in [1.54, 1.807) is 7.11 Å². The van der Waals surface area contributed by atoms with Gasteiger partial charge in [-0.05, 0) is 73.1 Å². The number of H-pyrrole nitrogens is 1. The number of carbonyl (C=O) groups is 1. The predicted molar refractivity (Wildman–Crippen MR) is 109 cm³/mol. The maximum absolute atomic E-state index is 12.6. The summed E-state index contributed by atoms with van der Waals surface area (Å²) in [6, 6.07) is 14.0. The summed E-state index contributed by atoms with van der Waals surface area (Å²) in [7, 11) is 1.66. The van der Waals surface area contributed by atoms with Gasteiger partial charge in [0.05, 0.1) is 7.11 Å². The number of aromatic nitrogens is 1. The van der Waals surface area contributed by atoms with Crippen LogP contribution in [0.3, 0.4) is 0 Å². The zero-order valence-corrected chi connectivity index (χ0v) is 16.0. The Balaban J connectivity index is 1.43. The number of methoxy groups -OCH3 is 1. The van der Waals surface area contributed by atoms with Gasteiger partial charge in [-0.3, -0.25) is 4.79 Å². The third-order valence-electron chi connectivity index (χ3n) is 5.55. The number of hydrogen-bond donors (Lipinski definition) is 2. The number of amides is 1. The molecule has 3 aromatic rings. The van der Waals surface area contributed by atoms with Crippen molar-refractivity contribution in [2.45, 2.75) is 32.6 Å². The molecule has 1 aromatic heterocycles. The molecule has 4 heteroatoms. The Bertz CT molecular complexity index is 956. The zero-order chi connectivity index (χ0) is 18.8. The van der Waals surface area contributed by atoms with Crippen LogP contribution in [0.1, 0.15) is 40.5 Å². The van der Waals surface area contributed by atoms with Gasteiger partial charge in [-0.25, -0.2) is 0 Å². The van der Waals surface area contributed by atoms with Gasteiger partial charge in [0.2, 0.25) is 0 Å². The molecule has 1 heterocycles. The number of rotatable bonds is 5. The summed E-state index contributed by atoms with van der Waals surface area (Å²) in [6.45, 7) is 2.92. The first-order valence-corrected chi connectivity index (χ1v) is 9.68. The van der Waals surface area contributed by atoms with Crippen LogP contribution in [0.15, 0.2) is 42.5 Å². The summed E-state index contributed by atoms with van der Waals surface area (Å²) in [4.78, 5) is 16.1. The summed E-state index contributed by atoms with van der Waals surface area (Å²) in [5, 5.41) is 4.25. The summed E-state index contributed by atoms with van der Waals surface area (Å²) in [5.41, 5.74) is 5.80. The second-order valence-corrected chi connectivity index (χ2v) is 7.54. The average Bonchev–Trinajstić information content (AvgIpc) is 3.05. The molecule has 1 aliphatic rings. The van der Waals surface area contributed by atoms with E-state index in [1.165, 1.54) is 28.6 Å². The standard InChI is InChI=1S/C23H26N2O2/c1-15-3-9-21-19(13-15)20-14-17(6-10-22(20)25-21)23(26)24-12-11-16-4-7-18(27-2)8-5-16/h4-8,10,14-15,25H,3,9,11-13H2,1-2H3,(H,24,26). The smallest absolute Gasteiger partial charge is 0.251 e. The van der Waals surface area contributed by atoms with Crippen molar-refractivity contribution in [2.24, 2.45) is 5.92 Å². The summed E-state index contributed by atoms with van der Waals surface area (Å²) in [5.74, 6) is 1.54. The minimum atomic E-state index is -0.00998. The molecule has 2 aromatic carbocycles. The number of carbonyl (C=O) groups excluding carboxylic acids is 1. The molecule has 0 fully saturated rings. The normalized spacial score (nSPS) is 16.1. The Morgan fingerprint density at radius 1 is 1.22 bits per heavy atom. The number of benzene rings is 2. The molecule has 1 atom stereocenters. The summed E-state index contributed by atoms with van der Waals surface area (Å²) >= 11 is 0. The lowest BCUT2D eigenvalue weighted by molar-refractivity contribution is 0.0954. The molecule has 0 saturated heterocycles. The van der Waals surface area contributed by atoms with Gasteiger partial charge in [-0.2, -0.15) is 0 Å². The molecule has 27 heavy (non-hydrogen) atoms. The molecule has 0 saturated carbocycles. The Kier molecular flexibility index (Phi) is 4.88. The van der Waals surface area contributed by atoms with E-state index < -0.39 is 0 Å². The van der Waals surface area contributed by atoms with E-state index >= 15 is 0 Å².